The highest BCUT2D eigenvalue weighted by molar-refractivity contribution is 7.79. The van der Waals surface area contributed by atoms with Gasteiger partial charge in [-0.3, -0.25) is 0 Å². The molecule has 0 bridgehead atoms. The van der Waals surface area contributed by atoms with Gasteiger partial charge in [-0.1, -0.05) is 0 Å². The van der Waals surface area contributed by atoms with E-state index in [-0.39, 0.29) is 6.66 Å². The predicted molar refractivity (Wildman–Crippen MR) is 73.2 cm³/mol. The second-order valence-electron chi connectivity index (χ2n) is 3.51. The van der Waals surface area contributed by atoms with Crippen molar-refractivity contribution in [2.75, 3.05) is 13.3 Å². The van der Waals surface area contributed by atoms with Gasteiger partial charge in [0.2, 0.25) is 7.52 Å². The topological polar surface area (TPSA) is 71.0 Å². The summed E-state index contributed by atoms with van der Waals surface area (Å²) >= 11 is 0. The molecule has 1 aliphatic rings. The van der Waals surface area contributed by atoms with Gasteiger partial charge in [-0.25, -0.2) is 0 Å². The molecule has 0 fully saturated rings. The summed E-state index contributed by atoms with van der Waals surface area (Å²) < 4.78 is 121. The van der Waals surface area contributed by atoms with E-state index in [2.05, 4.69) is 18.1 Å². The van der Waals surface area contributed by atoms with Crippen LogP contribution in [0.5, 0.6) is 0 Å². The van der Waals surface area contributed by atoms with Crippen molar-refractivity contribution in [2.24, 2.45) is 22.6 Å². The van der Waals surface area contributed by atoms with E-state index in [9.17, 15) is 33.6 Å². The van der Waals surface area contributed by atoms with Crippen molar-refractivity contribution in [1.82, 2.24) is 0 Å². The maximum Gasteiger partial charge on any atom is 0.425 e. The molecule has 1 rings (SSSR count). The third kappa shape index (κ3) is 6.58. The van der Waals surface area contributed by atoms with Crippen LogP contribution in [-0.2, 0) is 4.52 Å². The predicted octanol–water partition coefficient (Wildman–Crippen LogP) is 9.24. The third-order valence-corrected chi connectivity index (χ3v) is 11.6. The van der Waals surface area contributed by atoms with Crippen LogP contribution in [0, 0.1) is 0 Å². The van der Waals surface area contributed by atoms with E-state index in [1.54, 1.807) is 9.03 Å². The van der Waals surface area contributed by atoms with E-state index < -0.39 is 45.3 Å². The summed E-state index contributed by atoms with van der Waals surface area (Å²) in [6.45, 7) is 0.743. The van der Waals surface area contributed by atoms with E-state index in [0.717, 1.165) is 6.92 Å². The van der Waals surface area contributed by atoms with Gasteiger partial charge in [-0.2, -0.15) is 17.4 Å². The van der Waals surface area contributed by atoms with Gasteiger partial charge in [0.1, 0.15) is 0 Å². The highest BCUT2D eigenvalue weighted by atomic mass is 31.3. The first-order chi connectivity index (χ1) is 9.60. The lowest BCUT2D eigenvalue weighted by molar-refractivity contribution is 0.348. The third-order valence-electron chi connectivity index (χ3n) is 1.49. The smallest absolute Gasteiger partial charge is 0.303 e. The van der Waals surface area contributed by atoms with Crippen LogP contribution in [0.3, 0.4) is 0 Å². The van der Waals surface area contributed by atoms with Crippen molar-refractivity contribution in [3.63, 3.8) is 0 Å². The molecule has 0 amide bonds. The van der Waals surface area contributed by atoms with E-state index in [1.807, 2.05) is 0 Å². The van der Waals surface area contributed by atoms with Crippen LogP contribution in [0.2, 0.25) is 0 Å². The first-order valence-corrected chi connectivity index (χ1v) is 12.9. The number of nitrogens with zero attached hydrogens (tertiary/aromatic N) is 5. The summed E-state index contributed by atoms with van der Waals surface area (Å²) in [7, 11) is -29.9. The summed E-state index contributed by atoms with van der Waals surface area (Å²) in [5.41, 5.74) is 0. The van der Waals surface area contributed by atoms with Crippen molar-refractivity contribution < 1.29 is 38.1 Å². The maximum absolute atomic E-state index is 14.1. The highest BCUT2D eigenvalue weighted by Gasteiger charge is 2.38. The average molecular weight is 437 g/mol. The minimum absolute atomic E-state index is 0.269. The quantitative estimate of drug-likeness (QED) is 0.314. The zero-order valence-corrected chi connectivity index (χ0v) is 15.1. The molecule has 0 saturated heterocycles. The van der Waals surface area contributed by atoms with Crippen molar-refractivity contribution in [3.8, 4) is 0 Å². The van der Waals surface area contributed by atoms with E-state index in [4.69, 9.17) is 0 Å². The molecule has 22 heavy (non-hydrogen) atoms. The summed E-state index contributed by atoms with van der Waals surface area (Å²) in [6.07, 6.45) is 0. The van der Waals surface area contributed by atoms with E-state index in [0.29, 0.717) is 0 Å². The van der Waals surface area contributed by atoms with Crippen LogP contribution >= 0.6 is 38.7 Å². The Balaban J connectivity index is 3.96. The van der Waals surface area contributed by atoms with Crippen LogP contribution < -0.4 is 0 Å². The molecule has 0 saturated carbocycles. The fourth-order valence-corrected chi connectivity index (χ4v) is 10.5. The first-order valence-electron chi connectivity index (χ1n) is 4.98. The Morgan fingerprint density at radius 1 is 0.682 bits per heavy atom. The van der Waals surface area contributed by atoms with E-state index >= 15 is 0 Å². The monoisotopic (exact) mass is 437 g/mol. The van der Waals surface area contributed by atoms with Crippen molar-refractivity contribution in [3.05, 3.63) is 0 Å². The minimum Gasteiger partial charge on any atom is -0.303 e. The Labute approximate surface area is 120 Å². The van der Waals surface area contributed by atoms with E-state index in [1.165, 1.54) is 0 Å². The molecule has 1 heterocycles. The van der Waals surface area contributed by atoms with Gasteiger partial charge in [-0.05, 0) is 6.92 Å². The normalized spacial score (nSPS) is 36.6. The number of hydrogen-bond donors (Lipinski definition) is 0. The zero-order chi connectivity index (χ0) is 17.4. The van der Waals surface area contributed by atoms with Crippen LogP contribution in [0.25, 0.3) is 0 Å². The SMILES string of the molecule is CCOP1(F)=NP(F)(F)=NP(F)(F)=NP(F)(F)=NP(C)(F)=N1. The molecule has 132 valence electrons. The molecule has 2 unspecified atom stereocenters. The molecular formula is C3H8F8N5OP5. The van der Waals surface area contributed by atoms with Crippen molar-refractivity contribution in [1.29, 1.82) is 0 Å². The molecule has 0 spiro atoms. The van der Waals surface area contributed by atoms with Crippen LogP contribution in [0.1, 0.15) is 6.92 Å². The molecule has 2 atom stereocenters. The summed E-state index contributed by atoms with van der Waals surface area (Å²) in [5.74, 6) is 0. The van der Waals surface area contributed by atoms with Crippen LogP contribution in [0.4, 0.5) is 33.6 Å². The fraction of sp³-hybridized carbons (Fsp3) is 1.00. The molecule has 1 aliphatic heterocycles. The van der Waals surface area contributed by atoms with Gasteiger partial charge in [-0.15, -0.1) is 38.7 Å². The van der Waals surface area contributed by atoms with Gasteiger partial charge >= 0.3 is 31.2 Å². The molecule has 0 aliphatic carbocycles. The Kier molecular flexibility index (Phi) is 6.04. The minimum atomic E-state index is -6.56. The molecule has 0 aromatic rings. The summed E-state index contributed by atoms with van der Waals surface area (Å²) in [4.78, 5) is 0. The largest absolute Gasteiger partial charge is 0.425 e. The molecule has 0 aromatic carbocycles. The van der Waals surface area contributed by atoms with Crippen molar-refractivity contribution >= 4 is 38.7 Å². The van der Waals surface area contributed by atoms with Gasteiger partial charge < -0.3 is 4.52 Å². The number of halogens is 8. The first kappa shape index (κ1) is 20.6. The maximum atomic E-state index is 14.1. The second kappa shape index (κ2) is 6.45. The summed E-state index contributed by atoms with van der Waals surface area (Å²) in [6, 6.07) is 0. The Hall–Kier alpha value is 0.550. The van der Waals surface area contributed by atoms with Crippen LogP contribution in [-0.4, -0.2) is 13.3 Å². The van der Waals surface area contributed by atoms with Gasteiger partial charge in [0.25, 0.3) is 0 Å². The van der Waals surface area contributed by atoms with Gasteiger partial charge in [0.15, 0.2) is 0 Å². The molecule has 0 aromatic heterocycles. The standard InChI is InChI=1S/C3H8F8N5OP5/c1-3-17-22(11)13-18(2,4)12-19(5,6)14-20(7,8)15-21(9,10)16-22/h3H2,1-2H3. The number of rotatable bonds is 2. The average Bonchev–Trinajstić information content (AvgIpc) is 2.04. The molecule has 0 N–H and O–H groups in total. The fourth-order valence-electron chi connectivity index (χ4n) is 1.09. The molecule has 6 nitrogen and oxygen atoms in total. The molecule has 0 radical (unpaired) electrons. The van der Waals surface area contributed by atoms with Gasteiger partial charge in [0.05, 0.1) is 6.61 Å². The lowest BCUT2D eigenvalue weighted by Crippen LogP contribution is -1.82. The Morgan fingerprint density at radius 3 is 1.55 bits per heavy atom. The lowest BCUT2D eigenvalue weighted by Gasteiger charge is -2.15. The van der Waals surface area contributed by atoms with Gasteiger partial charge in [0, 0.05) is 6.66 Å². The second-order valence-corrected chi connectivity index (χ2v) is 12.6. The Bertz CT molecular complexity index is 711. The Morgan fingerprint density at radius 2 is 1.09 bits per heavy atom. The number of hydrogen-bond acceptors (Lipinski definition) is 6. The molecular weight excluding hydrogens is 429 g/mol. The summed E-state index contributed by atoms with van der Waals surface area (Å²) in [5, 5.41) is 0. The van der Waals surface area contributed by atoms with Crippen molar-refractivity contribution in [2.45, 2.75) is 6.92 Å². The zero-order valence-electron chi connectivity index (χ0n) is 10.6. The molecule has 19 heteroatoms. The lowest BCUT2D eigenvalue weighted by atomic mass is 10.9. The van der Waals surface area contributed by atoms with Crippen LogP contribution in [0.15, 0.2) is 22.6 Å². The highest BCUT2D eigenvalue weighted by Crippen LogP contribution is 2.81.